The van der Waals surface area contributed by atoms with E-state index >= 15 is 0 Å². The van der Waals surface area contributed by atoms with E-state index in [4.69, 9.17) is 15.3 Å². The van der Waals surface area contributed by atoms with E-state index in [1.807, 2.05) is 0 Å². The van der Waals surface area contributed by atoms with E-state index in [0.717, 1.165) is 0 Å². The Bertz CT molecular complexity index is 602. The second-order valence-electron chi connectivity index (χ2n) is 3.37. The maximum absolute atomic E-state index is 10.9. The summed E-state index contributed by atoms with van der Waals surface area (Å²) in [4.78, 5) is 21.6. The third kappa shape index (κ3) is 1.80. The summed E-state index contributed by atoms with van der Waals surface area (Å²) in [6, 6.07) is 6.43. The Morgan fingerprint density at radius 3 is 2.75 bits per heavy atom. The zero-order chi connectivity index (χ0) is 11.7. The van der Waals surface area contributed by atoms with Crippen molar-refractivity contribution >= 4 is 16.9 Å². The summed E-state index contributed by atoms with van der Waals surface area (Å²) in [7, 11) is 0. The van der Waals surface area contributed by atoms with Crippen molar-refractivity contribution in [3.05, 3.63) is 46.3 Å². The van der Waals surface area contributed by atoms with Gasteiger partial charge in [-0.3, -0.25) is 4.79 Å². The Morgan fingerprint density at radius 2 is 2.06 bits per heavy atom. The van der Waals surface area contributed by atoms with Crippen LogP contribution in [-0.4, -0.2) is 11.1 Å². The van der Waals surface area contributed by atoms with Crippen LogP contribution in [0.1, 0.15) is 11.6 Å². The molecule has 0 unspecified atom stereocenters. The maximum atomic E-state index is 10.9. The summed E-state index contributed by atoms with van der Waals surface area (Å²) in [5.74, 6) is -1.10. The Kier molecular flexibility index (Phi) is 2.46. The molecule has 5 nitrogen and oxygen atoms in total. The minimum absolute atomic E-state index is 0.411. The molecule has 1 aromatic heterocycles. The molecule has 2 aromatic rings. The van der Waals surface area contributed by atoms with E-state index in [1.165, 1.54) is 18.2 Å². The van der Waals surface area contributed by atoms with Gasteiger partial charge in [-0.1, -0.05) is 6.07 Å². The van der Waals surface area contributed by atoms with E-state index in [0.29, 0.717) is 16.5 Å². The van der Waals surface area contributed by atoms with Crippen molar-refractivity contribution in [2.75, 3.05) is 0 Å². The highest BCUT2D eigenvalue weighted by molar-refractivity contribution is 5.81. The molecule has 0 saturated heterocycles. The van der Waals surface area contributed by atoms with Crippen LogP contribution in [0, 0.1) is 0 Å². The first-order valence-corrected chi connectivity index (χ1v) is 4.60. The monoisotopic (exact) mass is 219 g/mol. The van der Waals surface area contributed by atoms with Crippen molar-refractivity contribution in [2.45, 2.75) is 6.04 Å². The standard InChI is InChI=1S/C11H9NO4/c12-10(11(14)15)7-1-3-8-6(5-7)2-4-9(13)16-8/h1-5,10H,12H2,(H,14,15)/t10-/m0/s1. The molecule has 0 aliphatic carbocycles. The van der Waals surface area contributed by atoms with Crippen LogP contribution < -0.4 is 11.4 Å². The van der Waals surface area contributed by atoms with Crippen LogP contribution in [-0.2, 0) is 4.79 Å². The van der Waals surface area contributed by atoms with Gasteiger partial charge in [0.2, 0.25) is 0 Å². The third-order valence-electron chi connectivity index (χ3n) is 2.27. The average molecular weight is 219 g/mol. The minimum Gasteiger partial charge on any atom is -0.480 e. The fraction of sp³-hybridized carbons (Fsp3) is 0.0909. The van der Waals surface area contributed by atoms with E-state index in [-0.39, 0.29) is 0 Å². The summed E-state index contributed by atoms with van der Waals surface area (Å²) in [6.07, 6.45) is 0. The Hall–Kier alpha value is -2.14. The third-order valence-corrected chi connectivity index (χ3v) is 2.27. The van der Waals surface area contributed by atoms with Gasteiger partial charge in [-0.15, -0.1) is 0 Å². The molecule has 1 heterocycles. The molecule has 0 spiro atoms. The zero-order valence-corrected chi connectivity index (χ0v) is 8.21. The van der Waals surface area contributed by atoms with Gasteiger partial charge in [0.25, 0.3) is 0 Å². The number of fused-ring (bicyclic) bond motifs is 1. The van der Waals surface area contributed by atoms with Gasteiger partial charge in [0.05, 0.1) is 0 Å². The van der Waals surface area contributed by atoms with Gasteiger partial charge >= 0.3 is 11.6 Å². The molecule has 1 aromatic carbocycles. The summed E-state index contributed by atoms with van der Waals surface area (Å²) >= 11 is 0. The average Bonchev–Trinajstić information content (AvgIpc) is 2.27. The molecule has 0 bridgehead atoms. The normalized spacial score (nSPS) is 12.6. The molecule has 0 aliphatic heterocycles. The second kappa shape index (κ2) is 3.79. The molecule has 82 valence electrons. The van der Waals surface area contributed by atoms with Crippen LogP contribution >= 0.6 is 0 Å². The molecule has 1 atom stereocenters. The number of nitrogens with two attached hydrogens (primary N) is 1. The number of carboxylic acid groups (broad SMARTS) is 1. The number of hydrogen-bond acceptors (Lipinski definition) is 4. The SMILES string of the molecule is N[C@H](C(=O)O)c1ccc2oc(=O)ccc2c1. The van der Waals surface area contributed by atoms with Crippen LogP contribution in [0.25, 0.3) is 11.0 Å². The zero-order valence-electron chi connectivity index (χ0n) is 8.21. The number of rotatable bonds is 2. The van der Waals surface area contributed by atoms with Crippen LogP contribution in [0.5, 0.6) is 0 Å². The molecule has 0 saturated carbocycles. The molecule has 3 N–H and O–H groups in total. The molecule has 2 rings (SSSR count). The van der Waals surface area contributed by atoms with Gasteiger partial charge in [-0.25, -0.2) is 4.79 Å². The lowest BCUT2D eigenvalue weighted by atomic mass is 10.1. The van der Waals surface area contributed by atoms with E-state index in [9.17, 15) is 9.59 Å². The maximum Gasteiger partial charge on any atom is 0.336 e. The van der Waals surface area contributed by atoms with E-state index in [1.54, 1.807) is 12.1 Å². The van der Waals surface area contributed by atoms with Crippen molar-refractivity contribution in [1.82, 2.24) is 0 Å². The van der Waals surface area contributed by atoms with Crippen LogP contribution in [0.3, 0.4) is 0 Å². The molecular weight excluding hydrogens is 210 g/mol. The smallest absolute Gasteiger partial charge is 0.336 e. The summed E-state index contributed by atoms with van der Waals surface area (Å²) in [5.41, 5.74) is 5.90. The Labute approximate surface area is 90.1 Å². The number of hydrogen-bond donors (Lipinski definition) is 2. The van der Waals surface area contributed by atoms with Crippen molar-refractivity contribution in [3.63, 3.8) is 0 Å². The Morgan fingerprint density at radius 1 is 1.31 bits per heavy atom. The first kappa shape index (κ1) is 10.4. The van der Waals surface area contributed by atoms with Crippen LogP contribution in [0.2, 0.25) is 0 Å². The van der Waals surface area contributed by atoms with Gasteiger partial charge < -0.3 is 15.3 Å². The van der Waals surface area contributed by atoms with Crippen LogP contribution in [0.4, 0.5) is 0 Å². The molecule has 0 radical (unpaired) electrons. The largest absolute Gasteiger partial charge is 0.480 e. The summed E-state index contributed by atoms with van der Waals surface area (Å²) < 4.78 is 4.91. The molecule has 5 heteroatoms. The lowest BCUT2D eigenvalue weighted by Gasteiger charge is -2.06. The number of carbonyl (C=O) groups is 1. The molecule has 0 fully saturated rings. The molecular formula is C11H9NO4. The molecule has 0 amide bonds. The van der Waals surface area contributed by atoms with Crippen molar-refractivity contribution in [2.24, 2.45) is 5.73 Å². The fourth-order valence-corrected chi connectivity index (χ4v) is 1.43. The summed E-state index contributed by atoms with van der Waals surface area (Å²) in [6.45, 7) is 0. The molecule has 16 heavy (non-hydrogen) atoms. The van der Waals surface area contributed by atoms with Gasteiger partial charge in [0, 0.05) is 11.5 Å². The van der Waals surface area contributed by atoms with E-state index in [2.05, 4.69) is 0 Å². The van der Waals surface area contributed by atoms with Gasteiger partial charge in [0.15, 0.2) is 0 Å². The number of aliphatic carboxylic acids is 1. The van der Waals surface area contributed by atoms with Crippen molar-refractivity contribution in [1.29, 1.82) is 0 Å². The highest BCUT2D eigenvalue weighted by Gasteiger charge is 2.14. The predicted molar refractivity (Wildman–Crippen MR) is 57.0 cm³/mol. The second-order valence-corrected chi connectivity index (χ2v) is 3.37. The highest BCUT2D eigenvalue weighted by Crippen LogP contribution is 2.18. The topological polar surface area (TPSA) is 93.5 Å². The minimum atomic E-state index is -1.10. The fourth-order valence-electron chi connectivity index (χ4n) is 1.43. The first-order valence-electron chi connectivity index (χ1n) is 4.60. The number of benzene rings is 1. The summed E-state index contributed by atoms with van der Waals surface area (Å²) in [5, 5.41) is 9.40. The quantitative estimate of drug-likeness (QED) is 0.731. The highest BCUT2D eigenvalue weighted by atomic mass is 16.4. The molecule has 0 aliphatic rings. The Balaban J connectivity index is 2.56. The van der Waals surface area contributed by atoms with E-state index < -0.39 is 17.6 Å². The number of carboxylic acids is 1. The lowest BCUT2D eigenvalue weighted by Crippen LogP contribution is -2.20. The van der Waals surface area contributed by atoms with Gasteiger partial charge in [-0.2, -0.15) is 0 Å². The van der Waals surface area contributed by atoms with Crippen molar-refractivity contribution < 1.29 is 14.3 Å². The van der Waals surface area contributed by atoms with Gasteiger partial charge in [0.1, 0.15) is 11.6 Å². The first-order chi connectivity index (χ1) is 7.58. The van der Waals surface area contributed by atoms with Crippen LogP contribution in [0.15, 0.2) is 39.5 Å². The van der Waals surface area contributed by atoms with Gasteiger partial charge in [-0.05, 0) is 23.8 Å². The van der Waals surface area contributed by atoms with Crippen molar-refractivity contribution in [3.8, 4) is 0 Å². The predicted octanol–water partition coefficient (Wildman–Crippen LogP) is 0.877. The lowest BCUT2D eigenvalue weighted by molar-refractivity contribution is -0.138.